The van der Waals surface area contributed by atoms with Crippen LogP contribution in [0.3, 0.4) is 0 Å². The Hall–Kier alpha value is -1.43. The lowest BCUT2D eigenvalue weighted by Crippen LogP contribution is -2.32. The zero-order valence-electron chi connectivity index (χ0n) is 11.1. The molecule has 1 aliphatic carbocycles. The highest BCUT2D eigenvalue weighted by atomic mass is 19.1. The number of amides is 1. The smallest absolute Gasteiger partial charge is 0.272 e. The number of ether oxygens (including phenoxy) is 1. The molecule has 2 atom stereocenters. The van der Waals surface area contributed by atoms with Crippen LogP contribution in [0.15, 0.2) is 0 Å². The third-order valence-electron chi connectivity index (χ3n) is 3.81. The molecule has 3 rings (SSSR count). The van der Waals surface area contributed by atoms with E-state index in [0.29, 0.717) is 25.0 Å². The molecule has 0 spiro atoms. The van der Waals surface area contributed by atoms with Crippen molar-refractivity contribution in [3.63, 3.8) is 0 Å². The summed E-state index contributed by atoms with van der Waals surface area (Å²) in [6.07, 6.45) is 1.69. The molecule has 1 saturated carbocycles. The average molecular weight is 267 g/mol. The highest BCUT2D eigenvalue weighted by Gasteiger charge is 2.43. The number of carbonyl (C=O) groups is 1. The second-order valence-electron chi connectivity index (χ2n) is 5.59. The minimum Gasteiger partial charge on any atom is -0.369 e. The van der Waals surface area contributed by atoms with Gasteiger partial charge in [-0.2, -0.15) is 5.10 Å². The quantitative estimate of drug-likeness (QED) is 0.875. The van der Waals surface area contributed by atoms with Gasteiger partial charge in [0.15, 0.2) is 5.69 Å². The Morgan fingerprint density at radius 3 is 3.00 bits per heavy atom. The van der Waals surface area contributed by atoms with E-state index in [2.05, 4.69) is 15.5 Å². The summed E-state index contributed by atoms with van der Waals surface area (Å²) in [5.41, 5.74) is 0.939. The fourth-order valence-electron chi connectivity index (χ4n) is 2.50. The molecule has 0 aromatic carbocycles. The minimum atomic E-state index is -1.18. The van der Waals surface area contributed by atoms with Gasteiger partial charge in [-0.25, -0.2) is 4.39 Å². The topological polar surface area (TPSA) is 67.0 Å². The molecular weight excluding hydrogens is 249 g/mol. The molecule has 1 aromatic rings. The first-order chi connectivity index (χ1) is 8.98. The van der Waals surface area contributed by atoms with Crippen molar-refractivity contribution in [2.24, 2.45) is 0 Å². The summed E-state index contributed by atoms with van der Waals surface area (Å²) in [5.74, 6) is -0.303. The molecule has 0 saturated heterocycles. The third kappa shape index (κ3) is 2.36. The van der Waals surface area contributed by atoms with E-state index in [9.17, 15) is 9.18 Å². The van der Waals surface area contributed by atoms with Crippen molar-refractivity contribution in [3.8, 4) is 0 Å². The number of hydrogen-bond acceptors (Lipinski definition) is 3. The predicted octanol–water partition coefficient (Wildman–Crippen LogP) is 1.66. The van der Waals surface area contributed by atoms with E-state index in [1.165, 1.54) is 0 Å². The molecule has 5 nitrogen and oxygen atoms in total. The van der Waals surface area contributed by atoms with Crippen LogP contribution in [0, 0.1) is 0 Å². The minimum absolute atomic E-state index is 0.0580. The van der Waals surface area contributed by atoms with E-state index in [1.54, 1.807) is 0 Å². The summed E-state index contributed by atoms with van der Waals surface area (Å²) in [6.45, 7) is 3.97. The fraction of sp³-hybridized carbons (Fsp3) is 0.692. The van der Waals surface area contributed by atoms with Gasteiger partial charge in [0.05, 0.1) is 24.4 Å². The maximum atomic E-state index is 13.5. The maximum Gasteiger partial charge on any atom is 0.272 e. The van der Waals surface area contributed by atoms with Gasteiger partial charge in [0.2, 0.25) is 0 Å². The van der Waals surface area contributed by atoms with Crippen LogP contribution in [-0.4, -0.2) is 34.4 Å². The van der Waals surface area contributed by atoms with Gasteiger partial charge >= 0.3 is 0 Å². The molecule has 2 N–H and O–H groups in total. The Morgan fingerprint density at radius 1 is 1.58 bits per heavy atom. The SMILES string of the molecule is C[C@@H]1Cc2c(C(=O)NCC3(F)CC3)n[nH]c2[C@H](C)O1. The molecule has 0 radical (unpaired) electrons. The monoisotopic (exact) mass is 267 g/mol. The van der Waals surface area contributed by atoms with Crippen LogP contribution in [0.1, 0.15) is 54.5 Å². The van der Waals surface area contributed by atoms with Gasteiger partial charge < -0.3 is 10.1 Å². The number of nitrogens with zero attached hydrogens (tertiary/aromatic N) is 1. The van der Waals surface area contributed by atoms with Crippen LogP contribution >= 0.6 is 0 Å². The van der Waals surface area contributed by atoms with E-state index in [-0.39, 0.29) is 24.7 Å². The number of carbonyl (C=O) groups excluding carboxylic acids is 1. The Bertz CT molecular complexity index is 510. The van der Waals surface area contributed by atoms with Gasteiger partial charge in [0.1, 0.15) is 5.67 Å². The first-order valence-corrected chi connectivity index (χ1v) is 6.68. The molecule has 1 aromatic heterocycles. The van der Waals surface area contributed by atoms with Crippen LogP contribution in [0.2, 0.25) is 0 Å². The normalized spacial score (nSPS) is 27.7. The molecular formula is C13H18FN3O2. The molecule has 1 amide bonds. The van der Waals surface area contributed by atoms with Gasteiger partial charge in [-0.15, -0.1) is 0 Å². The van der Waals surface area contributed by atoms with Gasteiger partial charge in [0, 0.05) is 12.0 Å². The molecule has 19 heavy (non-hydrogen) atoms. The van der Waals surface area contributed by atoms with Crippen LogP contribution in [-0.2, 0) is 11.2 Å². The molecule has 6 heteroatoms. The van der Waals surface area contributed by atoms with Crippen molar-refractivity contribution < 1.29 is 13.9 Å². The standard InChI is InChI=1S/C13H18FN3O2/c1-7-5-9-10(8(2)19-7)16-17-11(9)12(18)15-6-13(14)3-4-13/h7-8H,3-6H2,1-2H3,(H,15,18)(H,16,17)/t7-,8+/m1/s1. The Morgan fingerprint density at radius 2 is 2.32 bits per heavy atom. The first kappa shape index (κ1) is 12.6. The average Bonchev–Trinajstić information content (AvgIpc) is 2.93. The molecule has 2 heterocycles. The number of aromatic nitrogens is 2. The zero-order valence-corrected chi connectivity index (χ0v) is 11.1. The number of aromatic amines is 1. The number of H-pyrrole nitrogens is 1. The van der Waals surface area contributed by atoms with Crippen molar-refractivity contribution in [2.75, 3.05) is 6.54 Å². The zero-order chi connectivity index (χ0) is 13.6. The Kier molecular flexibility index (Phi) is 2.85. The molecule has 1 aliphatic heterocycles. The van der Waals surface area contributed by atoms with Crippen LogP contribution in [0.5, 0.6) is 0 Å². The summed E-state index contributed by atoms with van der Waals surface area (Å²) in [6, 6.07) is 0. The maximum absolute atomic E-state index is 13.5. The second kappa shape index (κ2) is 4.30. The number of halogens is 1. The van der Waals surface area contributed by atoms with Gasteiger partial charge in [-0.05, 0) is 26.7 Å². The second-order valence-corrected chi connectivity index (χ2v) is 5.59. The number of alkyl halides is 1. The molecule has 2 aliphatic rings. The Labute approximate surface area is 110 Å². The number of hydrogen-bond donors (Lipinski definition) is 2. The van der Waals surface area contributed by atoms with Crippen LogP contribution in [0.25, 0.3) is 0 Å². The number of nitrogens with one attached hydrogen (secondary N) is 2. The van der Waals surface area contributed by atoms with E-state index in [0.717, 1.165) is 11.3 Å². The van der Waals surface area contributed by atoms with Crippen LogP contribution in [0.4, 0.5) is 4.39 Å². The summed E-state index contributed by atoms with van der Waals surface area (Å²) in [7, 11) is 0. The van der Waals surface area contributed by atoms with E-state index < -0.39 is 5.67 Å². The fourth-order valence-corrected chi connectivity index (χ4v) is 2.50. The third-order valence-corrected chi connectivity index (χ3v) is 3.81. The highest BCUT2D eigenvalue weighted by molar-refractivity contribution is 5.94. The van der Waals surface area contributed by atoms with Crippen molar-refractivity contribution in [3.05, 3.63) is 17.0 Å². The predicted molar refractivity (Wildman–Crippen MR) is 66.7 cm³/mol. The van der Waals surface area contributed by atoms with Gasteiger partial charge in [-0.3, -0.25) is 9.89 Å². The van der Waals surface area contributed by atoms with Crippen LogP contribution < -0.4 is 5.32 Å². The van der Waals surface area contributed by atoms with Gasteiger partial charge in [-0.1, -0.05) is 0 Å². The lowest BCUT2D eigenvalue weighted by molar-refractivity contribution is -0.00697. The lowest BCUT2D eigenvalue weighted by atomic mass is 9.99. The summed E-state index contributed by atoms with van der Waals surface area (Å²) in [5, 5.41) is 9.55. The summed E-state index contributed by atoms with van der Waals surface area (Å²) >= 11 is 0. The molecule has 0 unspecified atom stereocenters. The molecule has 0 bridgehead atoms. The van der Waals surface area contributed by atoms with E-state index >= 15 is 0 Å². The van der Waals surface area contributed by atoms with E-state index in [1.807, 2.05) is 13.8 Å². The summed E-state index contributed by atoms with van der Waals surface area (Å²) < 4.78 is 19.2. The number of fused-ring (bicyclic) bond motifs is 1. The first-order valence-electron chi connectivity index (χ1n) is 6.68. The van der Waals surface area contributed by atoms with Crippen molar-refractivity contribution in [1.82, 2.24) is 15.5 Å². The molecule has 104 valence electrons. The number of rotatable bonds is 3. The van der Waals surface area contributed by atoms with Gasteiger partial charge in [0.25, 0.3) is 5.91 Å². The van der Waals surface area contributed by atoms with E-state index in [4.69, 9.17) is 4.74 Å². The van der Waals surface area contributed by atoms with Crippen molar-refractivity contribution in [2.45, 2.75) is 51.0 Å². The lowest BCUT2D eigenvalue weighted by Gasteiger charge is -2.25. The molecule has 1 fully saturated rings. The van der Waals surface area contributed by atoms with Crippen molar-refractivity contribution in [1.29, 1.82) is 0 Å². The van der Waals surface area contributed by atoms with Crippen molar-refractivity contribution >= 4 is 5.91 Å². The highest BCUT2D eigenvalue weighted by Crippen LogP contribution is 2.39. The largest absolute Gasteiger partial charge is 0.369 e. The summed E-state index contributed by atoms with van der Waals surface area (Å²) in [4.78, 5) is 12.1. The Balaban J connectivity index is 1.76.